The largest absolute Gasteiger partial charge is 0.542 e. The molecule has 0 spiro atoms. The van der Waals surface area contributed by atoms with Gasteiger partial charge in [0.15, 0.2) is 0 Å². The van der Waals surface area contributed by atoms with E-state index in [4.69, 9.17) is 39.5 Å². The molecule has 92 valence electrons. The highest BCUT2D eigenvalue weighted by atomic mass is 35.6. The van der Waals surface area contributed by atoms with Crippen LogP contribution in [0, 0.1) is 0 Å². The van der Waals surface area contributed by atoms with Gasteiger partial charge in [-0.1, -0.05) is 54.6 Å². The molecule has 1 heterocycles. The highest BCUT2D eigenvalue weighted by molar-refractivity contribution is 6.66. The van der Waals surface area contributed by atoms with Crippen molar-refractivity contribution in [1.82, 2.24) is 5.16 Å². The Kier molecular flexibility index (Phi) is 5.11. The van der Waals surface area contributed by atoms with Crippen molar-refractivity contribution < 1.29 is 13.7 Å². The van der Waals surface area contributed by atoms with Crippen molar-refractivity contribution in [1.29, 1.82) is 0 Å². The summed E-state index contributed by atoms with van der Waals surface area (Å²) >= 11 is 16.5. The summed E-state index contributed by atoms with van der Waals surface area (Å²) < 4.78 is 12.1. The first kappa shape index (κ1) is 13.8. The van der Waals surface area contributed by atoms with E-state index in [1.807, 2.05) is 6.92 Å². The number of rotatable bonds is 5. The third kappa shape index (κ3) is 4.74. The van der Waals surface area contributed by atoms with Gasteiger partial charge in [0.2, 0.25) is 0 Å². The third-order valence-electron chi connectivity index (χ3n) is 1.77. The number of nitrogens with zero attached hydrogens (tertiary/aromatic N) is 1. The SMILES string of the molecule is CCCCC(OC(Cl)(Cl)Cl)c1noc(=O)o1. The van der Waals surface area contributed by atoms with Crippen molar-refractivity contribution in [3.8, 4) is 0 Å². The Morgan fingerprint density at radius 1 is 1.50 bits per heavy atom. The Hall–Kier alpha value is -0.230. The minimum atomic E-state index is -1.89. The van der Waals surface area contributed by atoms with E-state index in [-0.39, 0.29) is 5.89 Å². The minimum absolute atomic E-state index is 0.0234. The van der Waals surface area contributed by atoms with Crippen LogP contribution in [-0.2, 0) is 4.74 Å². The van der Waals surface area contributed by atoms with Crippen LogP contribution in [0.2, 0.25) is 0 Å². The van der Waals surface area contributed by atoms with Gasteiger partial charge in [0.1, 0.15) is 6.10 Å². The number of hydrogen-bond donors (Lipinski definition) is 0. The van der Waals surface area contributed by atoms with Gasteiger partial charge in [0.05, 0.1) is 0 Å². The van der Waals surface area contributed by atoms with E-state index in [9.17, 15) is 4.79 Å². The van der Waals surface area contributed by atoms with Gasteiger partial charge in [-0.05, 0) is 11.6 Å². The Balaban J connectivity index is 2.74. The van der Waals surface area contributed by atoms with E-state index in [0.29, 0.717) is 6.42 Å². The van der Waals surface area contributed by atoms with Crippen molar-refractivity contribution in [3.63, 3.8) is 0 Å². The van der Waals surface area contributed by atoms with Crippen LogP contribution < -0.4 is 5.82 Å². The van der Waals surface area contributed by atoms with Crippen LogP contribution in [0.25, 0.3) is 0 Å². The van der Waals surface area contributed by atoms with Crippen LogP contribution >= 0.6 is 34.8 Å². The fraction of sp³-hybridized carbons (Fsp3) is 0.750. The molecule has 0 fully saturated rings. The number of unbranched alkanes of at least 4 members (excludes halogenated alkanes) is 1. The first-order valence-corrected chi connectivity index (χ1v) is 5.77. The molecule has 0 N–H and O–H groups in total. The second-order valence-corrected chi connectivity index (χ2v) is 5.24. The predicted molar refractivity (Wildman–Crippen MR) is 58.7 cm³/mol. The van der Waals surface area contributed by atoms with Crippen molar-refractivity contribution in [2.24, 2.45) is 0 Å². The van der Waals surface area contributed by atoms with E-state index in [1.54, 1.807) is 0 Å². The number of aromatic nitrogens is 1. The molecule has 0 aliphatic rings. The molecule has 0 aromatic carbocycles. The summed E-state index contributed by atoms with van der Waals surface area (Å²) in [6.45, 7) is 1.99. The van der Waals surface area contributed by atoms with Crippen molar-refractivity contribution >= 4 is 34.8 Å². The topological polar surface area (TPSA) is 65.5 Å². The summed E-state index contributed by atoms with van der Waals surface area (Å²) in [4.78, 5) is 10.7. The average Bonchev–Trinajstić information content (AvgIpc) is 2.57. The molecule has 0 saturated heterocycles. The van der Waals surface area contributed by atoms with Crippen molar-refractivity contribution in [2.75, 3.05) is 0 Å². The lowest BCUT2D eigenvalue weighted by Gasteiger charge is -2.18. The van der Waals surface area contributed by atoms with Crippen LogP contribution in [0.15, 0.2) is 13.7 Å². The standard InChI is InChI=1S/C8H10Cl3NO4/c1-2-3-4-5(15-8(9,10)11)6-12-16-7(13)14-6/h5H,2-4H2,1H3. The maximum absolute atomic E-state index is 10.7. The van der Waals surface area contributed by atoms with Gasteiger partial charge < -0.3 is 9.15 Å². The first-order chi connectivity index (χ1) is 7.42. The Bertz CT molecular complexity index is 370. The first-order valence-electron chi connectivity index (χ1n) is 4.63. The molecule has 16 heavy (non-hydrogen) atoms. The molecular weight excluding hydrogens is 280 g/mol. The van der Waals surface area contributed by atoms with Crippen molar-refractivity contribution in [2.45, 2.75) is 36.3 Å². The molecule has 0 aliphatic heterocycles. The van der Waals surface area contributed by atoms with Gasteiger partial charge in [0, 0.05) is 0 Å². The molecule has 0 radical (unpaired) electrons. The maximum Gasteiger partial charge on any atom is 0.542 e. The van der Waals surface area contributed by atoms with E-state index in [1.165, 1.54) is 0 Å². The molecule has 0 amide bonds. The summed E-state index contributed by atoms with van der Waals surface area (Å²) in [6, 6.07) is 0. The monoisotopic (exact) mass is 289 g/mol. The molecule has 5 nitrogen and oxygen atoms in total. The lowest BCUT2D eigenvalue weighted by Crippen LogP contribution is -2.15. The second kappa shape index (κ2) is 5.91. The predicted octanol–water partition coefficient (Wildman–Crippen LogP) is 3.20. The molecular formula is C8H10Cl3NO4. The summed E-state index contributed by atoms with van der Waals surface area (Å²) in [5.41, 5.74) is 0. The van der Waals surface area contributed by atoms with Crippen LogP contribution in [0.4, 0.5) is 0 Å². The summed E-state index contributed by atoms with van der Waals surface area (Å²) in [7, 11) is 0. The average molecular weight is 291 g/mol. The van der Waals surface area contributed by atoms with Gasteiger partial charge in [-0.2, -0.15) is 0 Å². The number of ether oxygens (including phenoxy) is 1. The van der Waals surface area contributed by atoms with E-state index >= 15 is 0 Å². The Morgan fingerprint density at radius 3 is 2.62 bits per heavy atom. The van der Waals surface area contributed by atoms with E-state index in [0.717, 1.165) is 12.8 Å². The second-order valence-electron chi connectivity index (χ2n) is 3.07. The van der Waals surface area contributed by atoms with Gasteiger partial charge in [-0.25, -0.2) is 4.79 Å². The third-order valence-corrected chi connectivity index (χ3v) is 2.04. The maximum atomic E-state index is 10.7. The van der Waals surface area contributed by atoms with E-state index in [2.05, 4.69) is 14.1 Å². The normalized spacial score (nSPS) is 14.0. The van der Waals surface area contributed by atoms with Crippen LogP contribution in [0.1, 0.15) is 38.2 Å². The van der Waals surface area contributed by atoms with Crippen LogP contribution in [0.5, 0.6) is 0 Å². The summed E-state index contributed by atoms with van der Waals surface area (Å²) in [6.07, 6.45) is 1.53. The number of alkyl halides is 3. The van der Waals surface area contributed by atoms with E-state index < -0.39 is 15.9 Å². The molecule has 0 saturated carbocycles. The van der Waals surface area contributed by atoms with Crippen molar-refractivity contribution in [3.05, 3.63) is 16.5 Å². The fourth-order valence-electron chi connectivity index (χ4n) is 1.11. The molecule has 1 unspecified atom stereocenters. The highest BCUT2D eigenvalue weighted by Crippen LogP contribution is 2.35. The molecule has 1 aromatic rings. The molecule has 1 aromatic heterocycles. The smallest absolute Gasteiger partial charge is 0.372 e. The molecule has 8 heteroatoms. The summed E-state index contributed by atoms with van der Waals surface area (Å²) in [5, 5.41) is 3.40. The van der Waals surface area contributed by atoms with Gasteiger partial charge >= 0.3 is 5.82 Å². The quantitative estimate of drug-likeness (QED) is 0.779. The zero-order valence-corrected chi connectivity index (χ0v) is 10.7. The molecule has 1 atom stereocenters. The Labute approximate surface area is 107 Å². The number of halogens is 3. The van der Waals surface area contributed by atoms with Gasteiger partial charge in [0.25, 0.3) is 9.87 Å². The summed E-state index contributed by atoms with van der Waals surface area (Å²) in [5.74, 6) is -0.936. The zero-order chi connectivity index (χ0) is 12.2. The van der Waals surface area contributed by atoms with Gasteiger partial charge in [-0.15, -0.1) is 0 Å². The highest BCUT2D eigenvalue weighted by Gasteiger charge is 2.30. The fourth-order valence-corrected chi connectivity index (χ4v) is 1.44. The number of hydrogen-bond acceptors (Lipinski definition) is 5. The molecule has 1 rings (SSSR count). The van der Waals surface area contributed by atoms with Crippen LogP contribution in [-0.4, -0.2) is 9.14 Å². The lowest BCUT2D eigenvalue weighted by molar-refractivity contribution is 0.0200. The minimum Gasteiger partial charge on any atom is -0.372 e. The zero-order valence-electron chi connectivity index (χ0n) is 8.41. The lowest BCUT2D eigenvalue weighted by atomic mass is 10.1. The molecule has 0 bridgehead atoms. The van der Waals surface area contributed by atoms with Crippen LogP contribution in [0.3, 0.4) is 0 Å². The Morgan fingerprint density at radius 2 is 2.19 bits per heavy atom. The van der Waals surface area contributed by atoms with Gasteiger partial charge in [-0.3, -0.25) is 4.52 Å². The molecule has 0 aliphatic carbocycles.